The van der Waals surface area contributed by atoms with E-state index in [0.29, 0.717) is 13.1 Å². The van der Waals surface area contributed by atoms with Gasteiger partial charge >= 0.3 is 0 Å². The monoisotopic (exact) mass is 379 g/mol. The van der Waals surface area contributed by atoms with Crippen molar-refractivity contribution in [1.29, 1.82) is 0 Å². The van der Waals surface area contributed by atoms with E-state index >= 15 is 0 Å². The molecule has 0 N–H and O–H groups in total. The summed E-state index contributed by atoms with van der Waals surface area (Å²) in [6.45, 7) is 5.57. The predicted octanol–water partition coefficient (Wildman–Crippen LogP) is 2.11. The topological polar surface area (TPSA) is 43.9 Å². The van der Waals surface area contributed by atoms with Crippen molar-refractivity contribution in [1.82, 2.24) is 14.7 Å². The number of rotatable bonds is 5. The average molecular weight is 380 g/mol. The minimum atomic E-state index is 0.0249. The van der Waals surface area contributed by atoms with Gasteiger partial charge in [-0.25, -0.2) is 0 Å². The van der Waals surface area contributed by atoms with Crippen molar-refractivity contribution in [3.05, 3.63) is 42.0 Å². The largest absolute Gasteiger partial charge is 0.340 e. The number of benzene rings is 1. The normalized spacial score (nSPS) is 19.0. The van der Waals surface area contributed by atoms with Gasteiger partial charge in [-0.3, -0.25) is 14.5 Å². The molecule has 5 heteroatoms. The van der Waals surface area contributed by atoms with Crippen LogP contribution in [0.3, 0.4) is 0 Å². The lowest BCUT2D eigenvalue weighted by Crippen LogP contribution is -2.51. The van der Waals surface area contributed by atoms with E-state index in [1.54, 1.807) is 6.08 Å². The van der Waals surface area contributed by atoms with Crippen molar-refractivity contribution >= 4 is 17.9 Å². The van der Waals surface area contributed by atoms with Gasteiger partial charge in [0.2, 0.25) is 11.8 Å². The molecule has 0 bridgehead atoms. The molecule has 2 saturated heterocycles. The third-order valence-electron chi connectivity index (χ3n) is 5.63. The highest BCUT2D eigenvalue weighted by Crippen LogP contribution is 2.21. The van der Waals surface area contributed by atoms with Gasteiger partial charge in [0.1, 0.15) is 0 Å². The van der Waals surface area contributed by atoms with Crippen LogP contribution in [0.25, 0.3) is 6.08 Å². The van der Waals surface area contributed by atoms with E-state index in [4.69, 9.17) is 6.42 Å². The number of piperidine rings is 1. The second-order valence-electron chi connectivity index (χ2n) is 7.46. The van der Waals surface area contributed by atoms with Crippen LogP contribution in [0.4, 0.5) is 0 Å². The smallest absolute Gasteiger partial charge is 0.246 e. The maximum Gasteiger partial charge on any atom is 0.246 e. The summed E-state index contributed by atoms with van der Waals surface area (Å²) < 4.78 is 0. The first-order chi connectivity index (χ1) is 13.7. The molecular weight excluding hydrogens is 350 g/mol. The second-order valence-corrected chi connectivity index (χ2v) is 7.46. The van der Waals surface area contributed by atoms with Gasteiger partial charge in [-0.15, -0.1) is 12.3 Å². The molecule has 0 aliphatic carbocycles. The van der Waals surface area contributed by atoms with Gasteiger partial charge in [-0.05, 0) is 24.5 Å². The summed E-state index contributed by atoms with van der Waals surface area (Å²) in [4.78, 5) is 31.4. The predicted molar refractivity (Wildman–Crippen MR) is 111 cm³/mol. The van der Waals surface area contributed by atoms with E-state index in [2.05, 4.69) is 10.8 Å². The minimum Gasteiger partial charge on any atom is -0.340 e. The Kier molecular flexibility index (Phi) is 7.27. The number of amides is 2. The number of carbonyl (C=O) groups excluding carboxylic acids is 2. The van der Waals surface area contributed by atoms with E-state index in [1.807, 2.05) is 46.2 Å². The Balaban J connectivity index is 1.42. The van der Waals surface area contributed by atoms with Gasteiger partial charge in [0.25, 0.3) is 0 Å². The standard InChI is InChI=1S/C23H29N3O2/c1-2-3-13-24-16-18-26(19-17-24)23(28)21-11-14-25(15-12-21)22(27)10-9-20-7-5-4-6-8-20/h1,4-10,21H,3,11-19H2/b10-9+. The lowest BCUT2D eigenvalue weighted by molar-refractivity contribution is -0.140. The van der Waals surface area contributed by atoms with Crippen LogP contribution in [0.2, 0.25) is 0 Å². The fourth-order valence-electron chi connectivity index (χ4n) is 3.86. The summed E-state index contributed by atoms with van der Waals surface area (Å²) in [7, 11) is 0. The Morgan fingerprint density at radius 1 is 1.00 bits per heavy atom. The third kappa shape index (κ3) is 5.46. The SMILES string of the molecule is C#CCCN1CCN(C(=O)C2CCN(C(=O)/C=C/c3ccccc3)CC2)CC1. The molecule has 148 valence electrons. The summed E-state index contributed by atoms with van der Waals surface area (Å²) in [5.41, 5.74) is 1.02. The average Bonchev–Trinajstić information content (AvgIpc) is 2.76. The van der Waals surface area contributed by atoms with Crippen LogP contribution in [0.15, 0.2) is 36.4 Å². The van der Waals surface area contributed by atoms with Crippen LogP contribution in [0.5, 0.6) is 0 Å². The number of piperazine rings is 1. The fourth-order valence-corrected chi connectivity index (χ4v) is 3.86. The first-order valence-corrected chi connectivity index (χ1v) is 10.1. The molecular formula is C23H29N3O2. The Hall–Kier alpha value is -2.58. The molecule has 5 nitrogen and oxygen atoms in total. The lowest BCUT2D eigenvalue weighted by atomic mass is 9.95. The molecule has 2 fully saturated rings. The molecule has 2 heterocycles. The van der Waals surface area contributed by atoms with Crippen molar-refractivity contribution in [2.24, 2.45) is 5.92 Å². The van der Waals surface area contributed by atoms with Crippen LogP contribution in [0.1, 0.15) is 24.8 Å². The van der Waals surface area contributed by atoms with E-state index in [1.165, 1.54) is 0 Å². The Labute approximate surface area is 168 Å². The molecule has 0 spiro atoms. The third-order valence-corrected chi connectivity index (χ3v) is 5.63. The van der Waals surface area contributed by atoms with Gasteiger partial charge < -0.3 is 9.80 Å². The molecule has 0 radical (unpaired) electrons. The molecule has 0 atom stereocenters. The van der Waals surface area contributed by atoms with Crippen LogP contribution < -0.4 is 0 Å². The summed E-state index contributed by atoms with van der Waals surface area (Å²) >= 11 is 0. The first-order valence-electron chi connectivity index (χ1n) is 10.1. The fraction of sp³-hybridized carbons (Fsp3) is 0.478. The molecule has 28 heavy (non-hydrogen) atoms. The molecule has 2 aliphatic rings. The Bertz CT molecular complexity index is 722. The van der Waals surface area contributed by atoms with Crippen molar-refractivity contribution < 1.29 is 9.59 Å². The van der Waals surface area contributed by atoms with E-state index in [-0.39, 0.29) is 17.7 Å². The highest BCUT2D eigenvalue weighted by molar-refractivity contribution is 5.92. The summed E-state index contributed by atoms with van der Waals surface area (Å²) in [5, 5.41) is 0. The zero-order valence-electron chi connectivity index (χ0n) is 16.4. The number of nitrogens with zero attached hydrogens (tertiary/aromatic N) is 3. The van der Waals surface area contributed by atoms with Gasteiger partial charge in [0.15, 0.2) is 0 Å². The highest BCUT2D eigenvalue weighted by atomic mass is 16.2. The van der Waals surface area contributed by atoms with E-state index in [0.717, 1.165) is 57.5 Å². The van der Waals surface area contributed by atoms with Crippen LogP contribution in [-0.2, 0) is 9.59 Å². The lowest BCUT2D eigenvalue weighted by Gasteiger charge is -2.38. The summed E-state index contributed by atoms with van der Waals surface area (Å²) in [6, 6.07) is 9.81. The highest BCUT2D eigenvalue weighted by Gasteiger charge is 2.31. The van der Waals surface area contributed by atoms with Crippen LogP contribution >= 0.6 is 0 Å². The Morgan fingerprint density at radius 2 is 1.68 bits per heavy atom. The summed E-state index contributed by atoms with van der Waals surface area (Å²) in [5.74, 6) is 2.99. The van der Waals surface area contributed by atoms with Crippen molar-refractivity contribution in [2.45, 2.75) is 19.3 Å². The Morgan fingerprint density at radius 3 is 2.32 bits per heavy atom. The van der Waals surface area contributed by atoms with Crippen LogP contribution in [0, 0.1) is 18.3 Å². The maximum atomic E-state index is 12.8. The van der Waals surface area contributed by atoms with Crippen molar-refractivity contribution in [2.75, 3.05) is 45.8 Å². The van der Waals surface area contributed by atoms with Crippen molar-refractivity contribution in [3.63, 3.8) is 0 Å². The van der Waals surface area contributed by atoms with Crippen molar-refractivity contribution in [3.8, 4) is 12.3 Å². The quantitative estimate of drug-likeness (QED) is 0.581. The number of hydrogen-bond donors (Lipinski definition) is 0. The first kappa shape index (κ1) is 20.2. The molecule has 2 amide bonds. The number of terminal acetylenes is 1. The van der Waals surface area contributed by atoms with E-state index in [9.17, 15) is 9.59 Å². The van der Waals surface area contributed by atoms with Crippen LogP contribution in [-0.4, -0.2) is 72.3 Å². The second kappa shape index (κ2) is 10.1. The van der Waals surface area contributed by atoms with E-state index < -0.39 is 0 Å². The van der Waals surface area contributed by atoms with Gasteiger partial charge in [0, 0.05) is 64.2 Å². The number of likely N-dealkylation sites (tertiary alicyclic amines) is 1. The maximum absolute atomic E-state index is 12.8. The molecule has 2 aliphatic heterocycles. The molecule has 1 aromatic carbocycles. The molecule has 0 unspecified atom stereocenters. The van der Waals surface area contributed by atoms with Gasteiger partial charge in [-0.2, -0.15) is 0 Å². The molecule has 3 rings (SSSR count). The van der Waals surface area contributed by atoms with Gasteiger partial charge in [0.05, 0.1) is 0 Å². The zero-order chi connectivity index (χ0) is 19.8. The number of hydrogen-bond acceptors (Lipinski definition) is 3. The summed E-state index contributed by atoms with van der Waals surface area (Å²) in [6.07, 6.45) is 11.1. The minimum absolute atomic E-state index is 0.0249. The number of carbonyl (C=O) groups is 2. The molecule has 0 aromatic heterocycles. The van der Waals surface area contributed by atoms with Gasteiger partial charge in [-0.1, -0.05) is 30.3 Å². The zero-order valence-corrected chi connectivity index (χ0v) is 16.4. The molecule has 1 aromatic rings. The molecule has 0 saturated carbocycles.